The van der Waals surface area contributed by atoms with E-state index < -0.39 is 0 Å². The van der Waals surface area contributed by atoms with Gasteiger partial charge in [0.25, 0.3) is 0 Å². The van der Waals surface area contributed by atoms with E-state index in [1.165, 1.54) is 12.7 Å². The summed E-state index contributed by atoms with van der Waals surface area (Å²) in [6, 6.07) is 16.2. The number of rotatable bonds is 7. The molecule has 0 radical (unpaired) electrons. The summed E-state index contributed by atoms with van der Waals surface area (Å²) in [6.45, 7) is 4.56. The molecule has 0 bridgehead atoms. The Morgan fingerprint density at radius 3 is 2.56 bits per heavy atom. The molecule has 3 aromatic rings. The van der Waals surface area contributed by atoms with E-state index in [0.717, 1.165) is 40.6 Å². The van der Waals surface area contributed by atoms with Crippen molar-refractivity contribution in [1.29, 1.82) is 0 Å². The minimum atomic E-state index is -0.276. The Morgan fingerprint density at radius 1 is 1.07 bits per heavy atom. The maximum atomic E-state index is 11.7. The van der Waals surface area contributed by atoms with Crippen molar-refractivity contribution in [3.63, 3.8) is 0 Å². The molecule has 0 spiro atoms. The molecular weight excluding hydrogens is 338 g/mol. The highest BCUT2D eigenvalue weighted by atomic mass is 16.5. The van der Waals surface area contributed by atoms with Crippen LogP contribution in [0.4, 0.5) is 0 Å². The first-order valence-electron chi connectivity index (χ1n) is 9.29. The number of hydrogen-bond acceptors (Lipinski definition) is 4. The van der Waals surface area contributed by atoms with E-state index in [4.69, 9.17) is 9.47 Å². The Labute approximate surface area is 160 Å². The SMILES string of the molecule is CCc1ccc(CCOc2ccc3cc([C@H](C)C(=O)OC)ccc3c2)nc1. The molecule has 3 rings (SSSR count). The van der Waals surface area contributed by atoms with Crippen molar-refractivity contribution in [1.82, 2.24) is 4.98 Å². The number of nitrogens with zero attached hydrogens (tertiary/aromatic N) is 1. The second-order valence-electron chi connectivity index (χ2n) is 6.62. The van der Waals surface area contributed by atoms with Crippen LogP contribution in [0.15, 0.2) is 54.7 Å². The molecule has 4 nitrogen and oxygen atoms in total. The molecule has 2 aromatic carbocycles. The van der Waals surface area contributed by atoms with Gasteiger partial charge in [-0.15, -0.1) is 0 Å². The van der Waals surface area contributed by atoms with E-state index in [1.54, 1.807) is 0 Å². The molecule has 27 heavy (non-hydrogen) atoms. The number of methoxy groups -OCH3 is 1. The third-order valence-electron chi connectivity index (χ3n) is 4.81. The lowest BCUT2D eigenvalue weighted by molar-refractivity contribution is -0.141. The van der Waals surface area contributed by atoms with E-state index in [9.17, 15) is 4.79 Å². The smallest absolute Gasteiger partial charge is 0.312 e. The van der Waals surface area contributed by atoms with Gasteiger partial charge in [0.2, 0.25) is 0 Å². The largest absolute Gasteiger partial charge is 0.493 e. The third-order valence-corrected chi connectivity index (χ3v) is 4.81. The Hall–Kier alpha value is -2.88. The molecule has 0 unspecified atom stereocenters. The number of aromatic nitrogens is 1. The molecule has 0 amide bonds. The molecule has 1 atom stereocenters. The zero-order valence-electron chi connectivity index (χ0n) is 16.1. The second-order valence-corrected chi connectivity index (χ2v) is 6.62. The monoisotopic (exact) mass is 363 g/mol. The van der Waals surface area contributed by atoms with Gasteiger partial charge in [-0.3, -0.25) is 9.78 Å². The Balaban J connectivity index is 1.64. The van der Waals surface area contributed by atoms with Gasteiger partial charge in [-0.25, -0.2) is 0 Å². The molecule has 0 fully saturated rings. The number of ether oxygens (including phenoxy) is 2. The Bertz CT molecular complexity index is 919. The van der Waals surface area contributed by atoms with Gasteiger partial charge in [0.1, 0.15) is 5.75 Å². The molecule has 0 saturated carbocycles. The second kappa shape index (κ2) is 8.67. The van der Waals surface area contributed by atoms with Crippen LogP contribution >= 0.6 is 0 Å². The molecule has 0 aliphatic heterocycles. The van der Waals surface area contributed by atoms with Crippen molar-refractivity contribution >= 4 is 16.7 Å². The van der Waals surface area contributed by atoms with E-state index in [2.05, 4.69) is 24.0 Å². The number of carbonyl (C=O) groups excluding carboxylic acids is 1. The maximum absolute atomic E-state index is 11.7. The first-order chi connectivity index (χ1) is 13.1. The standard InChI is InChI=1S/C23H25NO3/c1-4-17-5-9-21(24-15-17)11-12-27-22-10-8-19-13-18(6-7-20(19)14-22)16(2)23(25)26-3/h5-10,13-16H,4,11-12H2,1-3H3/t16-/m0/s1. The quantitative estimate of drug-likeness (QED) is 0.571. The summed E-state index contributed by atoms with van der Waals surface area (Å²) in [5.74, 6) is 0.332. The van der Waals surface area contributed by atoms with Gasteiger partial charge in [-0.2, -0.15) is 0 Å². The highest BCUT2D eigenvalue weighted by molar-refractivity contribution is 5.86. The van der Waals surface area contributed by atoms with Gasteiger partial charge >= 0.3 is 5.97 Å². The van der Waals surface area contributed by atoms with E-state index in [1.807, 2.05) is 49.5 Å². The minimum Gasteiger partial charge on any atom is -0.493 e. The molecular formula is C23H25NO3. The van der Waals surface area contributed by atoms with Crippen LogP contribution in [0.5, 0.6) is 5.75 Å². The third kappa shape index (κ3) is 4.64. The number of fused-ring (bicyclic) bond motifs is 1. The van der Waals surface area contributed by atoms with Crippen LogP contribution < -0.4 is 4.74 Å². The fourth-order valence-corrected chi connectivity index (χ4v) is 3.00. The van der Waals surface area contributed by atoms with E-state index in [0.29, 0.717) is 6.61 Å². The fourth-order valence-electron chi connectivity index (χ4n) is 3.00. The average Bonchev–Trinajstić information content (AvgIpc) is 2.72. The number of aryl methyl sites for hydroxylation is 1. The van der Waals surface area contributed by atoms with Crippen LogP contribution in [0.1, 0.15) is 36.6 Å². The molecule has 1 aromatic heterocycles. The Morgan fingerprint density at radius 2 is 1.85 bits per heavy atom. The van der Waals surface area contributed by atoms with Gasteiger partial charge in [-0.1, -0.05) is 37.3 Å². The predicted octanol–water partition coefficient (Wildman–Crippen LogP) is 4.70. The molecule has 0 N–H and O–H groups in total. The zero-order chi connectivity index (χ0) is 19.2. The zero-order valence-corrected chi connectivity index (χ0v) is 16.1. The maximum Gasteiger partial charge on any atom is 0.312 e. The molecule has 0 saturated heterocycles. The van der Waals surface area contributed by atoms with Gasteiger partial charge in [0, 0.05) is 18.3 Å². The summed E-state index contributed by atoms with van der Waals surface area (Å²) in [7, 11) is 1.41. The minimum absolute atomic E-state index is 0.227. The lowest BCUT2D eigenvalue weighted by atomic mass is 9.98. The van der Waals surface area contributed by atoms with Crippen molar-refractivity contribution < 1.29 is 14.3 Å². The molecule has 0 aliphatic carbocycles. The summed E-state index contributed by atoms with van der Waals surface area (Å²) in [6.07, 6.45) is 3.71. The first-order valence-corrected chi connectivity index (χ1v) is 9.29. The highest BCUT2D eigenvalue weighted by Crippen LogP contribution is 2.26. The molecule has 140 valence electrons. The molecule has 1 heterocycles. The van der Waals surface area contributed by atoms with Crippen LogP contribution in [0, 0.1) is 0 Å². The van der Waals surface area contributed by atoms with Crippen LogP contribution in [0.2, 0.25) is 0 Å². The van der Waals surface area contributed by atoms with Crippen LogP contribution in [0.3, 0.4) is 0 Å². The van der Waals surface area contributed by atoms with Crippen molar-refractivity contribution in [2.24, 2.45) is 0 Å². The number of carbonyl (C=O) groups is 1. The predicted molar refractivity (Wildman–Crippen MR) is 107 cm³/mol. The number of benzene rings is 2. The summed E-state index contributed by atoms with van der Waals surface area (Å²) in [4.78, 5) is 16.2. The molecule has 0 aliphatic rings. The molecule has 4 heteroatoms. The summed E-state index contributed by atoms with van der Waals surface area (Å²) in [5.41, 5.74) is 3.23. The fraction of sp³-hybridized carbons (Fsp3) is 0.304. The number of pyridine rings is 1. The lowest BCUT2D eigenvalue weighted by Crippen LogP contribution is -2.10. The van der Waals surface area contributed by atoms with Crippen LogP contribution in [0.25, 0.3) is 10.8 Å². The van der Waals surface area contributed by atoms with Crippen molar-refractivity contribution in [3.05, 3.63) is 71.5 Å². The summed E-state index contributed by atoms with van der Waals surface area (Å²) in [5, 5.41) is 2.16. The van der Waals surface area contributed by atoms with Crippen molar-refractivity contribution in [2.75, 3.05) is 13.7 Å². The first kappa shape index (κ1) is 18.9. The van der Waals surface area contributed by atoms with Gasteiger partial charge in [0.05, 0.1) is 19.6 Å². The van der Waals surface area contributed by atoms with Crippen LogP contribution in [-0.4, -0.2) is 24.7 Å². The average molecular weight is 363 g/mol. The summed E-state index contributed by atoms with van der Waals surface area (Å²) < 4.78 is 10.7. The van der Waals surface area contributed by atoms with E-state index in [-0.39, 0.29) is 11.9 Å². The van der Waals surface area contributed by atoms with Gasteiger partial charge in [-0.05, 0) is 53.4 Å². The summed E-state index contributed by atoms with van der Waals surface area (Å²) >= 11 is 0. The van der Waals surface area contributed by atoms with Gasteiger partial charge < -0.3 is 9.47 Å². The lowest BCUT2D eigenvalue weighted by Gasteiger charge is -2.11. The topological polar surface area (TPSA) is 48.4 Å². The van der Waals surface area contributed by atoms with E-state index >= 15 is 0 Å². The normalized spacial score (nSPS) is 12.0. The highest BCUT2D eigenvalue weighted by Gasteiger charge is 2.15. The number of esters is 1. The van der Waals surface area contributed by atoms with Crippen LogP contribution in [-0.2, 0) is 22.4 Å². The van der Waals surface area contributed by atoms with Gasteiger partial charge in [0.15, 0.2) is 0 Å². The number of hydrogen-bond donors (Lipinski definition) is 0. The van der Waals surface area contributed by atoms with Crippen molar-refractivity contribution in [2.45, 2.75) is 32.6 Å². The Kier molecular flexibility index (Phi) is 6.07. The van der Waals surface area contributed by atoms with Crippen molar-refractivity contribution in [3.8, 4) is 5.75 Å².